The molecule has 0 saturated heterocycles. The first kappa shape index (κ1) is 23.7. The van der Waals surface area contributed by atoms with Gasteiger partial charge in [-0.05, 0) is 48.6 Å². The van der Waals surface area contributed by atoms with Crippen LogP contribution in [0.1, 0.15) is 81.1 Å². The first-order valence-electron chi connectivity index (χ1n) is 12.4. The highest BCUT2D eigenvalue weighted by Crippen LogP contribution is 2.32. The molecule has 34 heavy (non-hydrogen) atoms. The third kappa shape index (κ3) is 4.76. The predicted molar refractivity (Wildman–Crippen MR) is 139 cm³/mol. The van der Waals surface area contributed by atoms with Crippen LogP contribution < -0.4 is 5.73 Å². The summed E-state index contributed by atoms with van der Waals surface area (Å²) < 4.78 is 7.44. The van der Waals surface area contributed by atoms with Crippen LogP contribution >= 0.6 is 0 Å². The summed E-state index contributed by atoms with van der Waals surface area (Å²) in [5.74, 6) is 0.328. The number of nitrogens with zero attached hydrogens (tertiary/aromatic N) is 3. The number of carbonyl (C=O) groups is 1. The van der Waals surface area contributed by atoms with Crippen molar-refractivity contribution >= 4 is 34.0 Å². The molecule has 0 radical (unpaired) electrons. The van der Waals surface area contributed by atoms with E-state index in [0.29, 0.717) is 35.0 Å². The molecule has 0 aliphatic rings. The Bertz CT molecular complexity index is 1280. The number of ether oxygens (including phenoxy) is 1. The molecule has 4 rings (SSSR count). The summed E-state index contributed by atoms with van der Waals surface area (Å²) in [7, 11) is 0. The Kier molecular flexibility index (Phi) is 7.46. The number of nitrogens with two attached hydrogens (primary N) is 1. The van der Waals surface area contributed by atoms with Gasteiger partial charge in [-0.3, -0.25) is 4.57 Å². The number of para-hydroxylation sites is 2. The van der Waals surface area contributed by atoms with Crippen molar-refractivity contribution in [2.24, 2.45) is 0 Å². The lowest BCUT2D eigenvalue weighted by Crippen LogP contribution is -2.10. The molecule has 4 aromatic rings. The van der Waals surface area contributed by atoms with Gasteiger partial charge in [0.1, 0.15) is 16.9 Å². The summed E-state index contributed by atoms with van der Waals surface area (Å²) >= 11 is 0. The first-order chi connectivity index (χ1) is 16.5. The van der Waals surface area contributed by atoms with Gasteiger partial charge >= 0.3 is 5.97 Å². The number of hydrogen-bond acceptors (Lipinski definition) is 5. The minimum absolute atomic E-state index is 0.285. The molecule has 1 atom stereocenters. The lowest BCUT2D eigenvalue weighted by atomic mass is 9.99. The lowest BCUT2D eigenvalue weighted by molar-refractivity contribution is 0.0501. The van der Waals surface area contributed by atoms with Crippen molar-refractivity contribution < 1.29 is 9.53 Å². The van der Waals surface area contributed by atoms with Gasteiger partial charge in [0.2, 0.25) is 0 Å². The molecule has 2 N–H and O–H groups in total. The standard InChI is InChI=1S/C28H34N4O2/c1-4-6-7-8-11-18-34-28(33)24-25-27(31-23-13-10-9-12-22(23)30-25)32(26(24)29)21-16-14-20(15-17-21)19(3)5-2/h9-10,12-17,19H,4-8,11,18,29H2,1-3H3/t19-/m1/s1. The maximum Gasteiger partial charge on any atom is 0.344 e. The van der Waals surface area contributed by atoms with Crippen LogP contribution in [0.5, 0.6) is 0 Å². The van der Waals surface area contributed by atoms with Gasteiger partial charge in [-0.2, -0.15) is 0 Å². The molecule has 178 valence electrons. The number of esters is 1. The second-order valence-electron chi connectivity index (χ2n) is 8.93. The average Bonchev–Trinajstić information content (AvgIpc) is 3.14. The number of anilines is 1. The van der Waals surface area contributed by atoms with Gasteiger partial charge in [-0.1, -0.05) is 70.7 Å². The quantitative estimate of drug-likeness (QED) is 0.209. The molecule has 0 spiro atoms. The van der Waals surface area contributed by atoms with E-state index < -0.39 is 5.97 Å². The van der Waals surface area contributed by atoms with Gasteiger partial charge in [0.15, 0.2) is 5.65 Å². The zero-order valence-electron chi connectivity index (χ0n) is 20.4. The second-order valence-corrected chi connectivity index (χ2v) is 8.93. The number of hydrogen-bond donors (Lipinski definition) is 1. The molecule has 6 heteroatoms. The van der Waals surface area contributed by atoms with Crippen molar-refractivity contribution in [2.75, 3.05) is 12.3 Å². The molecule has 0 aliphatic heterocycles. The highest BCUT2D eigenvalue weighted by Gasteiger charge is 2.26. The van der Waals surface area contributed by atoms with Crippen molar-refractivity contribution in [3.05, 3.63) is 59.7 Å². The zero-order valence-corrected chi connectivity index (χ0v) is 20.4. The SMILES string of the molecule is CCCCCCCOC(=O)c1c(N)n(-c2ccc([C@H](C)CC)cc2)c2nc3ccccc3nc12. The van der Waals surface area contributed by atoms with Crippen LogP contribution in [0.15, 0.2) is 48.5 Å². The van der Waals surface area contributed by atoms with E-state index in [1.807, 2.05) is 41.0 Å². The van der Waals surface area contributed by atoms with Gasteiger partial charge in [0, 0.05) is 5.69 Å². The van der Waals surface area contributed by atoms with E-state index in [9.17, 15) is 4.79 Å². The number of aromatic nitrogens is 3. The second kappa shape index (κ2) is 10.7. The summed E-state index contributed by atoms with van der Waals surface area (Å²) in [6.07, 6.45) is 6.49. The number of fused-ring (bicyclic) bond motifs is 2. The van der Waals surface area contributed by atoms with Crippen molar-refractivity contribution in [3.8, 4) is 5.69 Å². The fourth-order valence-electron chi connectivity index (χ4n) is 4.25. The Balaban J connectivity index is 1.74. The highest BCUT2D eigenvalue weighted by atomic mass is 16.5. The van der Waals surface area contributed by atoms with E-state index in [-0.39, 0.29) is 5.56 Å². The van der Waals surface area contributed by atoms with E-state index in [4.69, 9.17) is 20.4 Å². The molecular formula is C28H34N4O2. The summed E-state index contributed by atoms with van der Waals surface area (Å²) in [5.41, 5.74) is 11.5. The van der Waals surface area contributed by atoms with Crippen LogP contribution in [0.4, 0.5) is 5.82 Å². The highest BCUT2D eigenvalue weighted by molar-refractivity contribution is 6.09. The molecule has 2 heterocycles. The van der Waals surface area contributed by atoms with Crippen LogP contribution in [0, 0.1) is 0 Å². The first-order valence-corrected chi connectivity index (χ1v) is 12.4. The lowest BCUT2D eigenvalue weighted by Gasteiger charge is -2.12. The summed E-state index contributed by atoms with van der Waals surface area (Å²) in [5, 5.41) is 0. The average molecular weight is 459 g/mol. The molecule has 0 saturated carbocycles. The minimum atomic E-state index is -0.447. The number of unbranched alkanes of at least 4 members (excludes halogenated alkanes) is 4. The number of benzene rings is 2. The fraction of sp³-hybridized carbons (Fsp3) is 0.393. The van der Waals surface area contributed by atoms with Gasteiger partial charge in [0.25, 0.3) is 0 Å². The molecule has 2 aromatic carbocycles. The third-order valence-corrected chi connectivity index (χ3v) is 6.52. The van der Waals surface area contributed by atoms with Crippen molar-refractivity contribution in [1.29, 1.82) is 0 Å². The normalized spacial score (nSPS) is 12.3. The van der Waals surface area contributed by atoms with Crippen LogP contribution in [0.3, 0.4) is 0 Å². The maximum atomic E-state index is 13.1. The van der Waals surface area contributed by atoms with E-state index in [1.165, 1.54) is 18.4 Å². The van der Waals surface area contributed by atoms with Crippen LogP contribution in [0.2, 0.25) is 0 Å². The molecule has 0 bridgehead atoms. The van der Waals surface area contributed by atoms with E-state index in [1.54, 1.807) is 0 Å². The van der Waals surface area contributed by atoms with Crippen molar-refractivity contribution in [3.63, 3.8) is 0 Å². The number of rotatable bonds is 10. The zero-order chi connectivity index (χ0) is 24.1. The van der Waals surface area contributed by atoms with E-state index in [2.05, 4.69) is 32.9 Å². The topological polar surface area (TPSA) is 83.0 Å². The van der Waals surface area contributed by atoms with Crippen molar-refractivity contribution in [1.82, 2.24) is 14.5 Å². The molecule has 0 aliphatic carbocycles. The number of nitrogen functional groups attached to an aromatic ring is 1. The van der Waals surface area contributed by atoms with Crippen LogP contribution in [-0.2, 0) is 4.74 Å². The predicted octanol–water partition coefficient (Wildman–Crippen LogP) is 6.80. The smallest absolute Gasteiger partial charge is 0.344 e. The Morgan fingerprint density at radius 1 is 0.971 bits per heavy atom. The van der Waals surface area contributed by atoms with E-state index >= 15 is 0 Å². The molecule has 0 unspecified atom stereocenters. The Hall–Kier alpha value is -3.41. The maximum absolute atomic E-state index is 13.1. The Morgan fingerprint density at radius 2 is 1.65 bits per heavy atom. The van der Waals surface area contributed by atoms with E-state index in [0.717, 1.165) is 36.9 Å². The van der Waals surface area contributed by atoms with Gasteiger partial charge in [0.05, 0.1) is 17.6 Å². The minimum Gasteiger partial charge on any atom is -0.462 e. The molecule has 2 aromatic heterocycles. The molecule has 6 nitrogen and oxygen atoms in total. The largest absolute Gasteiger partial charge is 0.462 e. The van der Waals surface area contributed by atoms with Crippen LogP contribution in [-0.4, -0.2) is 27.1 Å². The Labute approximate surface area is 201 Å². The van der Waals surface area contributed by atoms with Gasteiger partial charge < -0.3 is 10.5 Å². The van der Waals surface area contributed by atoms with Crippen molar-refractivity contribution in [2.45, 2.75) is 65.2 Å². The monoisotopic (exact) mass is 458 g/mol. The summed E-state index contributed by atoms with van der Waals surface area (Å²) in [6.45, 7) is 6.95. The fourth-order valence-corrected chi connectivity index (χ4v) is 4.25. The third-order valence-electron chi connectivity index (χ3n) is 6.52. The molecular weight excluding hydrogens is 424 g/mol. The molecule has 0 fully saturated rings. The summed E-state index contributed by atoms with van der Waals surface area (Å²) in [6, 6.07) is 15.9. The van der Waals surface area contributed by atoms with Gasteiger partial charge in [-0.15, -0.1) is 0 Å². The number of carbonyl (C=O) groups excluding carboxylic acids is 1. The molecule has 0 amide bonds. The summed E-state index contributed by atoms with van der Waals surface area (Å²) in [4.78, 5) is 22.8. The van der Waals surface area contributed by atoms with Gasteiger partial charge in [-0.25, -0.2) is 14.8 Å². The van der Waals surface area contributed by atoms with Crippen LogP contribution in [0.25, 0.3) is 27.9 Å². The Morgan fingerprint density at radius 3 is 2.32 bits per heavy atom.